The number of nitrogens with two attached hydrogens (primary N) is 1. The minimum Gasteiger partial charge on any atom is -0.493 e. The Kier molecular flexibility index (Phi) is 3.97. The first kappa shape index (κ1) is 13.1. The summed E-state index contributed by atoms with van der Waals surface area (Å²) in [6.07, 6.45) is 7.93. The molecule has 0 saturated heterocycles. The van der Waals surface area contributed by atoms with Crippen molar-refractivity contribution in [2.45, 2.75) is 31.7 Å². The van der Waals surface area contributed by atoms with Gasteiger partial charge in [0.15, 0.2) is 0 Å². The zero-order chi connectivity index (χ0) is 13.8. The SMILES string of the molecule is N[C@H]1CCCc2ccc(OCCc3ccncc3)cc21. The van der Waals surface area contributed by atoms with Crippen LogP contribution in [0.1, 0.15) is 35.6 Å². The van der Waals surface area contributed by atoms with Crippen LogP contribution in [-0.2, 0) is 12.8 Å². The minimum atomic E-state index is 0.169. The van der Waals surface area contributed by atoms with Gasteiger partial charge < -0.3 is 10.5 Å². The summed E-state index contributed by atoms with van der Waals surface area (Å²) in [5, 5.41) is 0. The largest absolute Gasteiger partial charge is 0.493 e. The van der Waals surface area contributed by atoms with Gasteiger partial charge in [-0.25, -0.2) is 0 Å². The van der Waals surface area contributed by atoms with Crippen LogP contribution in [0.25, 0.3) is 0 Å². The van der Waals surface area contributed by atoms with Gasteiger partial charge in [0, 0.05) is 24.9 Å². The molecule has 3 rings (SSSR count). The number of aromatic nitrogens is 1. The molecule has 0 unspecified atom stereocenters. The van der Waals surface area contributed by atoms with Crippen LogP contribution in [0.15, 0.2) is 42.7 Å². The van der Waals surface area contributed by atoms with Crippen molar-refractivity contribution >= 4 is 0 Å². The predicted molar refractivity (Wildman–Crippen MR) is 79.7 cm³/mol. The van der Waals surface area contributed by atoms with E-state index in [1.807, 2.05) is 24.5 Å². The van der Waals surface area contributed by atoms with Gasteiger partial charge in [-0.3, -0.25) is 4.98 Å². The topological polar surface area (TPSA) is 48.1 Å². The molecule has 0 fully saturated rings. The van der Waals surface area contributed by atoms with Crippen molar-refractivity contribution in [2.24, 2.45) is 5.73 Å². The molecule has 104 valence electrons. The smallest absolute Gasteiger partial charge is 0.119 e. The molecule has 0 saturated carbocycles. The molecule has 1 aliphatic rings. The Labute approximate surface area is 119 Å². The Morgan fingerprint density at radius 1 is 1.20 bits per heavy atom. The van der Waals surface area contributed by atoms with E-state index in [1.165, 1.54) is 23.1 Å². The molecule has 1 atom stereocenters. The van der Waals surface area contributed by atoms with Crippen molar-refractivity contribution in [3.8, 4) is 5.75 Å². The number of fused-ring (bicyclic) bond motifs is 1. The van der Waals surface area contributed by atoms with Crippen molar-refractivity contribution in [2.75, 3.05) is 6.61 Å². The van der Waals surface area contributed by atoms with E-state index < -0.39 is 0 Å². The normalized spacial score (nSPS) is 17.6. The van der Waals surface area contributed by atoms with Crippen LogP contribution >= 0.6 is 0 Å². The van der Waals surface area contributed by atoms with Gasteiger partial charge in [-0.2, -0.15) is 0 Å². The molecule has 0 amide bonds. The highest BCUT2D eigenvalue weighted by Crippen LogP contribution is 2.30. The Balaban J connectivity index is 1.62. The van der Waals surface area contributed by atoms with E-state index in [1.54, 1.807) is 0 Å². The van der Waals surface area contributed by atoms with Crippen molar-refractivity contribution in [1.29, 1.82) is 0 Å². The summed E-state index contributed by atoms with van der Waals surface area (Å²) in [6, 6.07) is 10.5. The van der Waals surface area contributed by atoms with Gasteiger partial charge >= 0.3 is 0 Å². The summed E-state index contributed by atoms with van der Waals surface area (Å²) < 4.78 is 5.85. The molecular formula is C17H20N2O. The molecule has 3 nitrogen and oxygen atoms in total. The first-order valence-corrected chi connectivity index (χ1v) is 7.23. The molecule has 1 heterocycles. The molecule has 2 N–H and O–H groups in total. The third-order valence-corrected chi connectivity index (χ3v) is 3.89. The average Bonchev–Trinajstić information content (AvgIpc) is 2.49. The van der Waals surface area contributed by atoms with Gasteiger partial charge in [0.05, 0.1) is 6.61 Å². The second-order valence-electron chi connectivity index (χ2n) is 5.31. The number of rotatable bonds is 4. The number of aryl methyl sites for hydroxylation is 1. The van der Waals surface area contributed by atoms with Crippen LogP contribution in [0.4, 0.5) is 0 Å². The Morgan fingerprint density at radius 2 is 2.05 bits per heavy atom. The lowest BCUT2D eigenvalue weighted by molar-refractivity contribution is 0.321. The lowest BCUT2D eigenvalue weighted by atomic mass is 9.88. The highest BCUT2D eigenvalue weighted by molar-refractivity contribution is 5.39. The van der Waals surface area contributed by atoms with Gasteiger partial charge in [-0.05, 0) is 60.2 Å². The number of pyridine rings is 1. The van der Waals surface area contributed by atoms with Gasteiger partial charge in [-0.1, -0.05) is 6.07 Å². The summed E-state index contributed by atoms with van der Waals surface area (Å²) in [5.74, 6) is 0.926. The second-order valence-corrected chi connectivity index (χ2v) is 5.31. The lowest BCUT2D eigenvalue weighted by Gasteiger charge is -2.22. The standard InChI is InChI=1S/C17H20N2O/c18-17-3-1-2-14-4-5-15(12-16(14)17)20-11-8-13-6-9-19-10-7-13/h4-7,9-10,12,17H,1-3,8,11,18H2/t17-/m0/s1. The molecule has 0 radical (unpaired) electrons. The predicted octanol–water partition coefficient (Wildman–Crippen LogP) is 3.04. The third kappa shape index (κ3) is 2.99. The van der Waals surface area contributed by atoms with Gasteiger partial charge in [0.25, 0.3) is 0 Å². The fraction of sp³-hybridized carbons (Fsp3) is 0.353. The molecule has 0 spiro atoms. The summed E-state index contributed by atoms with van der Waals surface area (Å²) in [5.41, 5.74) is 10.1. The van der Waals surface area contributed by atoms with E-state index >= 15 is 0 Å². The van der Waals surface area contributed by atoms with Crippen molar-refractivity contribution in [3.05, 3.63) is 59.4 Å². The fourth-order valence-corrected chi connectivity index (χ4v) is 2.74. The van der Waals surface area contributed by atoms with Crippen LogP contribution in [0.3, 0.4) is 0 Å². The highest BCUT2D eigenvalue weighted by Gasteiger charge is 2.17. The van der Waals surface area contributed by atoms with Gasteiger partial charge in [0.2, 0.25) is 0 Å². The number of nitrogens with zero attached hydrogens (tertiary/aromatic N) is 1. The fourth-order valence-electron chi connectivity index (χ4n) is 2.74. The van der Waals surface area contributed by atoms with Crippen LogP contribution in [0.2, 0.25) is 0 Å². The van der Waals surface area contributed by atoms with Crippen molar-refractivity contribution in [3.63, 3.8) is 0 Å². The molecule has 0 aliphatic heterocycles. The van der Waals surface area contributed by atoms with Crippen LogP contribution in [0.5, 0.6) is 5.75 Å². The van der Waals surface area contributed by atoms with E-state index in [0.717, 1.165) is 25.0 Å². The second kappa shape index (κ2) is 6.06. The summed E-state index contributed by atoms with van der Waals surface area (Å²) in [6.45, 7) is 0.679. The molecule has 1 aromatic heterocycles. The van der Waals surface area contributed by atoms with Crippen LogP contribution in [0, 0.1) is 0 Å². The Morgan fingerprint density at radius 3 is 2.90 bits per heavy atom. The minimum absolute atomic E-state index is 0.169. The first-order chi connectivity index (χ1) is 9.83. The van der Waals surface area contributed by atoms with Gasteiger partial charge in [-0.15, -0.1) is 0 Å². The van der Waals surface area contributed by atoms with Crippen molar-refractivity contribution < 1.29 is 4.74 Å². The van der Waals surface area contributed by atoms with Crippen molar-refractivity contribution in [1.82, 2.24) is 4.98 Å². The first-order valence-electron chi connectivity index (χ1n) is 7.23. The maximum absolute atomic E-state index is 6.17. The Hall–Kier alpha value is -1.87. The van der Waals surface area contributed by atoms with Gasteiger partial charge in [0.1, 0.15) is 5.75 Å². The average molecular weight is 268 g/mol. The van der Waals surface area contributed by atoms with Crippen LogP contribution < -0.4 is 10.5 Å². The summed E-state index contributed by atoms with van der Waals surface area (Å²) in [4.78, 5) is 4.01. The number of ether oxygens (including phenoxy) is 1. The monoisotopic (exact) mass is 268 g/mol. The quantitative estimate of drug-likeness (QED) is 0.927. The Bertz CT molecular complexity index is 568. The van der Waals surface area contributed by atoms with Crippen LogP contribution in [-0.4, -0.2) is 11.6 Å². The maximum Gasteiger partial charge on any atom is 0.119 e. The van der Waals surface area contributed by atoms with E-state index in [2.05, 4.69) is 23.2 Å². The molecule has 0 bridgehead atoms. The molecule has 20 heavy (non-hydrogen) atoms. The maximum atomic E-state index is 6.17. The summed E-state index contributed by atoms with van der Waals surface area (Å²) >= 11 is 0. The van der Waals surface area contributed by atoms with E-state index in [0.29, 0.717) is 6.61 Å². The number of benzene rings is 1. The molecular weight excluding hydrogens is 248 g/mol. The molecule has 1 aromatic carbocycles. The zero-order valence-corrected chi connectivity index (χ0v) is 11.6. The molecule has 1 aliphatic carbocycles. The molecule has 2 aromatic rings. The van der Waals surface area contributed by atoms with E-state index in [4.69, 9.17) is 10.5 Å². The highest BCUT2D eigenvalue weighted by atomic mass is 16.5. The van der Waals surface area contributed by atoms with E-state index in [-0.39, 0.29) is 6.04 Å². The number of hydrogen-bond donors (Lipinski definition) is 1. The summed E-state index contributed by atoms with van der Waals surface area (Å²) in [7, 11) is 0. The third-order valence-electron chi connectivity index (χ3n) is 3.89. The number of hydrogen-bond acceptors (Lipinski definition) is 3. The molecule has 3 heteroatoms. The zero-order valence-electron chi connectivity index (χ0n) is 11.6. The lowest BCUT2D eigenvalue weighted by Crippen LogP contribution is -2.17. The van der Waals surface area contributed by atoms with E-state index in [9.17, 15) is 0 Å².